The van der Waals surface area contributed by atoms with Crippen LogP contribution in [0.5, 0.6) is 0 Å². The van der Waals surface area contributed by atoms with Crippen molar-refractivity contribution in [3.05, 3.63) is 33.3 Å². The first-order valence-electron chi connectivity index (χ1n) is 7.30. The molecule has 0 saturated heterocycles. The Hall–Kier alpha value is -1.29. The molecule has 1 aromatic carbocycles. The molecule has 0 aliphatic heterocycles. The summed E-state index contributed by atoms with van der Waals surface area (Å²) >= 11 is 5.84. The van der Waals surface area contributed by atoms with Gasteiger partial charge in [-0.15, -0.1) is 0 Å². The fourth-order valence-corrected chi connectivity index (χ4v) is 3.10. The van der Waals surface area contributed by atoms with Gasteiger partial charge in [-0.3, -0.25) is 10.1 Å². The average Bonchev–Trinajstić information content (AvgIpc) is 2.65. The largest absolute Gasteiger partial charge is 0.377 e. The molecule has 0 bridgehead atoms. The Bertz CT molecular complexity index is 479. The molecule has 1 fully saturated rings. The van der Waals surface area contributed by atoms with Gasteiger partial charge in [0, 0.05) is 17.1 Å². The van der Waals surface area contributed by atoms with Gasteiger partial charge >= 0.3 is 0 Å². The highest BCUT2D eigenvalue weighted by molar-refractivity contribution is 6.30. The van der Waals surface area contributed by atoms with Crippen LogP contribution >= 0.6 is 11.6 Å². The van der Waals surface area contributed by atoms with Crippen molar-refractivity contribution in [1.82, 2.24) is 0 Å². The number of hydrogen-bond donors (Lipinski definition) is 1. The lowest BCUT2D eigenvalue weighted by molar-refractivity contribution is -0.384. The summed E-state index contributed by atoms with van der Waals surface area (Å²) in [4.78, 5) is 10.7. The smallest absolute Gasteiger partial charge is 0.293 e. The third-order valence-electron chi connectivity index (χ3n) is 4.18. The van der Waals surface area contributed by atoms with Crippen molar-refractivity contribution in [2.24, 2.45) is 5.92 Å². The van der Waals surface area contributed by atoms with Gasteiger partial charge < -0.3 is 5.32 Å². The lowest BCUT2D eigenvalue weighted by Gasteiger charge is -2.18. The van der Waals surface area contributed by atoms with Gasteiger partial charge in [-0.25, -0.2) is 0 Å². The summed E-state index contributed by atoms with van der Waals surface area (Å²) in [6.07, 6.45) is 7.06. The Morgan fingerprint density at radius 3 is 2.85 bits per heavy atom. The summed E-state index contributed by atoms with van der Waals surface area (Å²) in [6, 6.07) is 5.15. The molecule has 20 heavy (non-hydrogen) atoms. The predicted molar refractivity (Wildman–Crippen MR) is 82.4 cm³/mol. The average molecular weight is 297 g/mol. The summed E-state index contributed by atoms with van der Waals surface area (Å²) in [5, 5.41) is 14.8. The van der Waals surface area contributed by atoms with Gasteiger partial charge in [0.05, 0.1) is 4.92 Å². The van der Waals surface area contributed by atoms with Gasteiger partial charge in [0.25, 0.3) is 5.69 Å². The normalized spacial score (nSPS) is 23.1. The van der Waals surface area contributed by atoms with Crippen molar-refractivity contribution < 1.29 is 4.92 Å². The quantitative estimate of drug-likeness (QED) is 0.482. The molecule has 0 amide bonds. The maximum atomic E-state index is 11.1. The van der Waals surface area contributed by atoms with Crippen LogP contribution in [0.1, 0.15) is 45.4 Å². The van der Waals surface area contributed by atoms with Crippen molar-refractivity contribution in [2.45, 2.75) is 51.5 Å². The fourth-order valence-electron chi connectivity index (χ4n) is 2.93. The zero-order valence-electron chi connectivity index (χ0n) is 11.8. The molecular weight excluding hydrogens is 276 g/mol. The zero-order valence-corrected chi connectivity index (χ0v) is 12.5. The second-order valence-electron chi connectivity index (χ2n) is 5.54. The lowest BCUT2D eigenvalue weighted by Crippen LogP contribution is -2.19. The highest BCUT2D eigenvalue weighted by Crippen LogP contribution is 2.32. The van der Waals surface area contributed by atoms with Gasteiger partial charge in [-0.1, -0.05) is 37.8 Å². The molecule has 1 aliphatic rings. The predicted octanol–water partition coefficient (Wildman–Crippen LogP) is 5.02. The lowest BCUT2D eigenvalue weighted by atomic mass is 9.98. The van der Waals surface area contributed by atoms with Crippen molar-refractivity contribution in [2.75, 3.05) is 5.32 Å². The first kappa shape index (κ1) is 15.1. The highest BCUT2D eigenvalue weighted by Gasteiger charge is 2.21. The summed E-state index contributed by atoms with van der Waals surface area (Å²) in [7, 11) is 0. The van der Waals surface area contributed by atoms with E-state index in [1.165, 1.54) is 31.7 Å². The molecule has 1 N–H and O–H groups in total. The third kappa shape index (κ3) is 3.85. The molecule has 1 saturated carbocycles. The van der Waals surface area contributed by atoms with Crippen LogP contribution in [0.25, 0.3) is 0 Å². The molecule has 2 rings (SSSR count). The topological polar surface area (TPSA) is 55.2 Å². The minimum absolute atomic E-state index is 0.0637. The zero-order chi connectivity index (χ0) is 14.5. The van der Waals surface area contributed by atoms with Crippen LogP contribution in [0.4, 0.5) is 11.4 Å². The monoisotopic (exact) mass is 296 g/mol. The van der Waals surface area contributed by atoms with E-state index in [4.69, 9.17) is 11.6 Å². The number of rotatable bonds is 4. The van der Waals surface area contributed by atoms with E-state index in [0.29, 0.717) is 16.8 Å². The molecule has 5 heteroatoms. The van der Waals surface area contributed by atoms with Crippen LogP contribution in [-0.2, 0) is 0 Å². The SMILES string of the molecule is CCC1CCCC(Nc2ccc(Cl)cc2[N+](=O)[O-])CC1. The maximum Gasteiger partial charge on any atom is 0.293 e. The van der Waals surface area contributed by atoms with Crippen LogP contribution in [-0.4, -0.2) is 11.0 Å². The van der Waals surface area contributed by atoms with Gasteiger partial charge in [-0.2, -0.15) is 0 Å². The number of nitro benzene ring substituents is 1. The van der Waals surface area contributed by atoms with E-state index in [0.717, 1.165) is 18.8 Å². The number of hydrogen-bond acceptors (Lipinski definition) is 3. The number of benzene rings is 1. The van der Waals surface area contributed by atoms with E-state index in [1.807, 2.05) is 0 Å². The number of anilines is 1. The molecule has 0 spiro atoms. The minimum Gasteiger partial charge on any atom is -0.377 e. The first-order chi connectivity index (χ1) is 9.60. The van der Waals surface area contributed by atoms with Crippen LogP contribution < -0.4 is 5.32 Å². The number of halogens is 1. The maximum absolute atomic E-state index is 11.1. The van der Waals surface area contributed by atoms with E-state index in [9.17, 15) is 10.1 Å². The van der Waals surface area contributed by atoms with Gasteiger partial charge in [0.2, 0.25) is 0 Å². The van der Waals surface area contributed by atoms with E-state index >= 15 is 0 Å². The number of nitrogens with one attached hydrogen (secondary N) is 1. The standard InChI is InChI=1S/C15H21ClN2O2/c1-2-11-4-3-5-13(8-6-11)17-14-9-7-12(16)10-15(14)18(19)20/h7,9-11,13,17H,2-6,8H2,1H3. The van der Waals surface area contributed by atoms with Crippen LogP contribution in [0.15, 0.2) is 18.2 Å². The second kappa shape index (κ2) is 6.93. The highest BCUT2D eigenvalue weighted by atomic mass is 35.5. The van der Waals surface area contributed by atoms with Crippen LogP contribution in [0.2, 0.25) is 5.02 Å². The van der Waals surface area contributed by atoms with Gasteiger partial charge in [0.15, 0.2) is 0 Å². The first-order valence-corrected chi connectivity index (χ1v) is 7.68. The molecule has 0 radical (unpaired) electrons. The van der Waals surface area contributed by atoms with Gasteiger partial charge in [0.1, 0.15) is 5.69 Å². The van der Waals surface area contributed by atoms with Crippen molar-refractivity contribution in [3.8, 4) is 0 Å². The molecule has 0 heterocycles. The molecule has 2 unspecified atom stereocenters. The van der Waals surface area contributed by atoms with Crippen molar-refractivity contribution in [1.29, 1.82) is 0 Å². The molecule has 1 aliphatic carbocycles. The minimum atomic E-state index is -0.375. The van der Waals surface area contributed by atoms with E-state index in [-0.39, 0.29) is 10.6 Å². The summed E-state index contributed by atoms with van der Waals surface area (Å²) in [6.45, 7) is 2.24. The molecule has 110 valence electrons. The number of nitro groups is 1. The Balaban J connectivity index is 2.08. The summed E-state index contributed by atoms with van der Waals surface area (Å²) < 4.78 is 0. The third-order valence-corrected chi connectivity index (χ3v) is 4.42. The molecule has 0 aromatic heterocycles. The van der Waals surface area contributed by atoms with E-state index in [2.05, 4.69) is 12.2 Å². The Morgan fingerprint density at radius 2 is 2.15 bits per heavy atom. The summed E-state index contributed by atoms with van der Waals surface area (Å²) in [5.41, 5.74) is 0.646. The van der Waals surface area contributed by atoms with Crippen molar-refractivity contribution >= 4 is 23.0 Å². The molecular formula is C15H21ClN2O2. The Kier molecular flexibility index (Phi) is 5.24. The van der Waals surface area contributed by atoms with Crippen LogP contribution in [0.3, 0.4) is 0 Å². The molecule has 1 aromatic rings. The van der Waals surface area contributed by atoms with E-state index < -0.39 is 0 Å². The van der Waals surface area contributed by atoms with Crippen molar-refractivity contribution in [3.63, 3.8) is 0 Å². The fraction of sp³-hybridized carbons (Fsp3) is 0.600. The Labute approximate surface area is 124 Å². The molecule has 4 nitrogen and oxygen atoms in total. The van der Waals surface area contributed by atoms with E-state index in [1.54, 1.807) is 12.1 Å². The number of nitrogens with zero attached hydrogens (tertiary/aromatic N) is 1. The van der Waals surface area contributed by atoms with Crippen LogP contribution in [0, 0.1) is 16.0 Å². The second-order valence-corrected chi connectivity index (χ2v) is 5.98. The summed E-state index contributed by atoms with van der Waals surface area (Å²) in [5.74, 6) is 0.807. The van der Waals surface area contributed by atoms with Gasteiger partial charge in [-0.05, 0) is 37.3 Å². The Morgan fingerprint density at radius 1 is 1.35 bits per heavy atom. The molecule has 2 atom stereocenters.